The normalized spacial score (nSPS) is 15.6. The number of ether oxygens (including phenoxy) is 6. The summed E-state index contributed by atoms with van der Waals surface area (Å²) in [6, 6.07) is 45.5. The number of unbranched alkanes of at least 4 members (excludes halogenated alkanes) is 4. The predicted octanol–water partition coefficient (Wildman–Crippen LogP) is 14.5. The van der Waals surface area contributed by atoms with E-state index in [2.05, 4.69) is 135 Å². The van der Waals surface area contributed by atoms with Gasteiger partial charge in [-0.05, 0) is 139 Å². The van der Waals surface area contributed by atoms with E-state index in [1.54, 1.807) is 0 Å². The van der Waals surface area contributed by atoms with Gasteiger partial charge in [-0.1, -0.05) is 135 Å². The summed E-state index contributed by atoms with van der Waals surface area (Å²) >= 11 is 0. The third kappa shape index (κ3) is 9.21. The molecule has 0 atom stereocenters. The fourth-order valence-corrected chi connectivity index (χ4v) is 10.4. The Bertz CT molecular complexity index is 2810. The van der Waals surface area contributed by atoms with Gasteiger partial charge in [0, 0.05) is 37.3 Å². The molecule has 0 saturated carbocycles. The molecule has 0 aliphatic carbocycles. The molecule has 0 aromatic heterocycles. The molecule has 66 heavy (non-hydrogen) atoms. The summed E-state index contributed by atoms with van der Waals surface area (Å²) in [5.74, 6) is 0. The van der Waals surface area contributed by atoms with Crippen molar-refractivity contribution in [3.63, 3.8) is 0 Å². The summed E-state index contributed by atoms with van der Waals surface area (Å²) in [4.78, 5) is 0. The van der Waals surface area contributed by atoms with Crippen LogP contribution in [-0.2, 0) is 41.6 Å². The van der Waals surface area contributed by atoms with Crippen LogP contribution in [0.1, 0.15) is 76.3 Å². The van der Waals surface area contributed by atoms with E-state index in [1.807, 2.05) is 0 Å². The largest absolute Gasteiger partial charge is 0.381 e. The van der Waals surface area contributed by atoms with Gasteiger partial charge in [0.1, 0.15) is 0 Å². The molecule has 0 N–H and O–H groups in total. The number of benzene rings is 8. The molecule has 2 aliphatic rings. The molecule has 0 radical (unpaired) electrons. The first-order valence-electron chi connectivity index (χ1n) is 24.8. The van der Waals surface area contributed by atoms with Crippen molar-refractivity contribution in [2.75, 3.05) is 66.1 Å². The Labute approximate surface area is 390 Å². The van der Waals surface area contributed by atoms with Gasteiger partial charge < -0.3 is 28.4 Å². The van der Waals surface area contributed by atoms with Crippen LogP contribution in [0.2, 0.25) is 0 Å². The van der Waals surface area contributed by atoms with Crippen molar-refractivity contribution in [3.05, 3.63) is 132 Å². The Hall–Kier alpha value is -4.92. The summed E-state index contributed by atoms with van der Waals surface area (Å²) in [6.07, 6.45) is 8.69. The molecule has 8 aromatic rings. The highest BCUT2D eigenvalue weighted by Crippen LogP contribution is 2.47. The van der Waals surface area contributed by atoms with Gasteiger partial charge in [-0.15, -0.1) is 0 Å². The Morgan fingerprint density at radius 3 is 1.42 bits per heavy atom. The zero-order chi connectivity index (χ0) is 44.8. The zero-order valence-corrected chi connectivity index (χ0v) is 39.1. The van der Waals surface area contributed by atoms with E-state index in [0.29, 0.717) is 13.2 Å². The molecular formula is C60H66O6. The smallest absolute Gasteiger partial charge is 0.0722 e. The van der Waals surface area contributed by atoms with Crippen LogP contribution in [0.15, 0.2) is 121 Å². The number of rotatable bonds is 24. The first-order valence-corrected chi connectivity index (χ1v) is 24.8. The molecular weight excluding hydrogens is 817 g/mol. The van der Waals surface area contributed by atoms with Gasteiger partial charge >= 0.3 is 0 Å². The lowest BCUT2D eigenvalue weighted by Crippen LogP contribution is -2.45. The lowest BCUT2D eigenvalue weighted by molar-refractivity contribution is -0.150. The monoisotopic (exact) mass is 882 g/mol. The zero-order valence-electron chi connectivity index (χ0n) is 39.1. The summed E-state index contributed by atoms with van der Waals surface area (Å²) in [7, 11) is 0. The second-order valence-corrected chi connectivity index (χ2v) is 19.3. The molecule has 0 amide bonds. The van der Waals surface area contributed by atoms with E-state index in [1.165, 1.54) is 87.2 Å². The molecule has 2 saturated heterocycles. The van der Waals surface area contributed by atoms with E-state index < -0.39 is 0 Å². The molecule has 6 nitrogen and oxygen atoms in total. The fraction of sp³-hybridized carbons (Fsp3) is 0.400. The molecule has 8 aromatic carbocycles. The Morgan fingerprint density at radius 1 is 0.424 bits per heavy atom. The minimum Gasteiger partial charge on any atom is -0.381 e. The van der Waals surface area contributed by atoms with Gasteiger partial charge in [-0.2, -0.15) is 0 Å². The van der Waals surface area contributed by atoms with Gasteiger partial charge in [0.25, 0.3) is 0 Å². The van der Waals surface area contributed by atoms with E-state index in [0.717, 1.165) is 117 Å². The fourth-order valence-electron chi connectivity index (χ4n) is 10.4. The number of hydrogen-bond donors (Lipinski definition) is 0. The molecule has 342 valence electrons. The molecule has 0 unspecified atom stereocenters. The molecule has 2 heterocycles. The Morgan fingerprint density at radius 2 is 0.894 bits per heavy atom. The lowest BCUT2D eigenvalue weighted by atomic mass is 9.83. The third-order valence-corrected chi connectivity index (χ3v) is 14.8. The van der Waals surface area contributed by atoms with Crippen LogP contribution in [0, 0.1) is 10.8 Å². The van der Waals surface area contributed by atoms with E-state index in [9.17, 15) is 0 Å². The number of hydrogen-bond acceptors (Lipinski definition) is 6. The van der Waals surface area contributed by atoms with Crippen molar-refractivity contribution in [3.8, 4) is 22.3 Å². The van der Waals surface area contributed by atoms with Crippen LogP contribution in [0.3, 0.4) is 0 Å². The number of fused-ring (bicyclic) bond motifs is 2. The summed E-state index contributed by atoms with van der Waals surface area (Å²) < 4.78 is 35.4. The van der Waals surface area contributed by atoms with Gasteiger partial charge in [0.15, 0.2) is 0 Å². The van der Waals surface area contributed by atoms with Crippen LogP contribution < -0.4 is 0 Å². The van der Waals surface area contributed by atoms with Gasteiger partial charge in [0.2, 0.25) is 0 Å². The highest BCUT2D eigenvalue weighted by molar-refractivity contribution is 6.29. The summed E-state index contributed by atoms with van der Waals surface area (Å²) in [6.45, 7) is 13.8. The predicted molar refractivity (Wildman–Crippen MR) is 272 cm³/mol. The lowest BCUT2D eigenvalue weighted by Gasteiger charge is -2.40. The van der Waals surface area contributed by atoms with Gasteiger partial charge in [0.05, 0.1) is 52.9 Å². The summed E-state index contributed by atoms with van der Waals surface area (Å²) in [5, 5.41) is 12.8. The summed E-state index contributed by atoms with van der Waals surface area (Å²) in [5.41, 5.74) is 8.00. The Kier molecular flexibility index (Phi) is 14.0. The first-order chi connectivity index (χ1) is 32.6. The molecule has 10 rings (SSSR count). The Balaban J connectivity index is 0.842. The topological polar surface area (TPSA) is 55.4 Å². The van der Waals surface area contributed by atoms with Gasteiger partial charge in [-0.25, -0.2) is 0 Å². The van der Waals surface area contributed by atoms with Crippen molar-refractivity contribution >= 4 is 53.9 Å². The molecule has 0 spiro atoms. The van der Waals surface area contributed by atoms with Crippen molar-refractivity contribution in [2.24, 2.45) is 10.8 Å². The quantitative estimate of drug-likeness (QED) is 0.0342. The molecule has 6 heteroatoms. The highest BCUT2D eigenvalue weighted by atomic mass is 16.5. The highest BCUT2D eigenvalue weighted by Gasteiger charge is 2.37. The second-order valence-electron chi connectivity index (χ2n) is 19.3. The minimum atomic E-state index is 0.256. The van der Waals surface area contributed by atoms with Crippen molar-refractivity contribution in [1.29, 1.82) is 0 Å². The average Bonchev–Trinajstić information content (AvgIpc) is 3.33. The van der Waals surface area contributed by atoms with Crippen molar-refractivity contribution < 1.29 is 28.4 Å². The van der Waals surface area contributed by atoms with E-state index in [4.69, 9.17) is 28.4 Å². The van der Waals surface area contributed by atoms with Crippen LogP contribution in [0.5, 0.6) is 0 Å². The van der Waals surface area contributed by atoms with Crippen molar-refractivity contribution in [2.45, 2.75) is 78.4 Å². The maximum Gasteiger partial charge on any atom is 0.0722 e. The average molecular weight is 883 g/mol. The molecule has 2 fully saturated rings. The minimum absolute atomic E-state index is 0.256. The van der Waals surface area contributed by atoms with Crippen LogP contribution >= 0.6 is 0 Å². The maximum absolute atomic E-state index is 6.34. The van der Waals surface area contributed by atoms with E-state index >= 15 is 0 Å². The van der Waals surface area contributed by atoms with Gasteiger partial charge in [-0.3, -0.25) is 0 Å². The first kappa shape index (κ1) is 44.9. The van der Waals surface area contributed by atoms with Crippen LogP contribution in [-0.4, -0.2) is 66.1 Å². The molecule has 0 bridgehead atoms. The van der Waals surface area contributed by atoms with Crippen LogP contribution in [0.25, 0.3) is 76.1 Å². The molecule has 2 aliphatic heterocycles. The van der Waals surface area contributed by atoms with E-state index in [-0.39, 0.29) is 10.8 Å². The standard InChI is InChI=1S/C60H66O6/c1-3-59(39-65-40-59)37-63-33-13-5-11-31-61-35-43-19-21-44(22-20-43)55-49-15-7-9-17-51(49)58(52-18-10-8-16-50(52)55)54-30-27-46-25-28-48-47(24-23-45-26-29-53(54)57(46)56(45)48)36-62-32-12-6-14-34-64-38-60(4-2)41-66-42-60/h7-10,15-30H,3-6,11-14,31-42H2,1-2H3. The van der Waals surface area contributed by atoms with Crippen molar-refractivity contribution in [1.82, 2.24) is 0 Å². The van der Waals surface area contributed by atoms with Crippen LogP contribution in [0.4, 0.5) is 0 Å². The maximum atomic E-state index is 6.34. The second kappa shape index (κ2) is 20.5. The third-order valence-electron chi connectivity index (χ3n) is 14.8. The SMILES string of the molecule is CCC1(COCCCCCOCc2ccc(-c3c4ccccc4c(-c4ccc5ccc6c(COCCCCCOCC7(CC)COC7)ccc7ccc4c5c76)c4ccccc34)cc2)COC1.